The quantitative estimate of drug-likeness (QED) is 0.904. The first-order valence-corrected chi connectivity index (χ1v) is 5.95. The Bertz CT molecular complexity index is 555. The molecule has 0 aliphatic carbocycles. The number of hydrogen-bond donors (Lipinski definition) is 2. The molecule has 2 aromatic rings. The van der Waals surface area contributed by atoms with Crippen molar-refractivity contribution in [1.82, 2.24) is 9.97 Å². The Balaban J connectivity index is 2.18. The van der Waals surface area contributed by atoms with E-state index < -0.39 is 18.8 Å². The molecule has 0 fully saturated rings. The first kappa shape index (κ1) is 13.0. The number of nitrogens with zero attached hydrogens (tertiary/aromatic N) is 2. The van der Waals surface area contributed by atoms with Gasteiger partial charge in [0.1, 0.15) is 12.1 Å². The van der Waals surface area contributed by atoms with Crippen molar-refractivity contribution in [2.45, 2.75) is 19.2 Å². The van der Waals surface area contributed by atoms with Crippen LogP contribution in [0.5, 0.6) is 0 Å². The molecule has 2 aromatic heterocycles. The highest BCUT2D eigenvalue weighted by atomic mass is 32.1. The second-order valence-electron chi connectivity index (χ2n) is 3.76. The summed E-state index contributed by atoms with van der Waals surface area (Å²) in [4.78, 5) is 7.94. The van der Waals surface area contributed by atoms with E-state index in [2.05, 4.69) is 15.3 Å². The summed E-state index contributed by atoms with van der Waals surface area (Å²) >= 11 is 1.35. The van der Waals surface area contributed by atoms with Crippen molar-refractivity contribution in [2.75, 3.05) is 11.9 Å². The molecule has 98 valence electrons. The summed E-state index contributed by atoms with van der Waals surface area (Å²) < 4.78 is 37.1. The third-order valence-corrected chi connectivity index (χ3v) is 3.47. The molecule has 0 saturated carbocycles. The normalized spacial score (nSPS) is 13.8. The molecule has 0 aromatic carbocycles. The number of nitrogens with one attached hydrogen (secondary N) is 1. The summed E-state index contributed by atoms with van der Waals surface area (Å²) in [5.41, 5.74) is 1.65. The molecule has 2 rings (SSSR count). The summed E-state index contributed by atoms with van der Waals surface area (Å²) in [6.07, 6.45) is -5.77. The molecule has 2 N–H and O–H groups in total. The van der Waals surface area contributed by atoms with Crippen LogP contribution in [0, 0.1) is 6.92 Å². The number of aromatic nitrogens is 2. The lowest BCUT2D eigenvalue weighted by molar-refractivity contribution is -0.198. The van der Waals surface area contributed by atoms with Crippen LogP contribution in [0.2, 0.25) is 0 Å². The van der Waals surface area contributed by atoms with Crippen LogP contribution in [0.1, 0.15) is 5.56 Å². The topological polar surface area (TPSA) is 58.0 Å². The number of fused-ring (bicyclic) bond motifs is 1. The lowest BCUT2D eigenvalue weighted by atomic mass is 10.3. The van der Waals surface area contributed by atoms with E-state index in [0.29, 0.717) is 16.0 Å². The Morgan fingerprint density at radius 1 is 1.44 bits per heavy atom. The second-order valence-corrected chi connectivity index (χ2v) is 4.64. The monoisotopic (exact) mass is 277 g/mol. The zero-order valence-corrected chi connectivity index (χ0v) is 10.1. The van der Waals surface area contributed by atoms with Crippen LogP contribution in [0.3, 0.4) is 0 Å². The molecule has 8 heteroatoms. The van der Waals surface area contributed by atoms with Crippen LogP contribution in [0.25, 0.3) is 10.2 Å². The maximum atomic E-state index is 12.1. The molecular formula is C10H10F3N3OS. The Labute approximate surface area is 104 Å². The Morgan fingerprint density at radius 3 is 2.83 bits per heavy atom. The minimum absolute atomic E-state index is 0.307. The van der Waals surface area contributed by atoms with Gasteiger partial charge in [0.25, 0.3) is 0 Å². The number of aryl methyl sites for hydroxylation is 1. The molecular weight excluding hydrogens is 267 g/mol. The lowest BCUT2D eigenvalue weighted by Gasteiger charge is -2.15. The summed E-state index contributed by atoms with van der Waals surface area (Å²) in [6.45, 7) is 1.23. The average molecular weight is 277 g/mol. The molecule has 2 heterocycles. The van der Waals surface area contributed by atoms with Crippen molar-refractivity contribution in [2.24, 2.45) is 0 Å². The van der Waals surface area contributed by atoms with E-state index in [0.717, 1.165) is 5.56 Å². The lowest BCUT2D eigenvalue weighted by Crippen LogP contribution is -2.35. The highest BCUT2D eigenvalue weighted by molar-refractivity contribution is 7.18. The van der Waals surface area contributed by atoms with E-state index in [9.17, 15) is 13.2 Å². The minimum atomic E-state index is -4.63. The Kier molecular flexibility index (Phi) is 3.40. The van der Waals surface area contributed by atoms with Gasteiger partial charge < -0.3 is 10.4 Å². The van der Waals surface area contributed by atoms with Crippen LogP contribution in [0.4, 0.5) is 19.0 Å². The third kappa shape index (κ3) is 2.54. The highest BCUT2D eigenvalue weighted by Crippen LogP contribution is 2.29. The molecule has 0 saturated heterocycles. The Morgan fingerprint density at radius 2 is 2.17 bits per heavy atom. The molecule has 0 amide bonds. The summed E-state index contributed by atoms with van der Waals surface area (Å²) in [5, 5.41) is 13.2. The van der Waals surface area contributed by atoms with Crippen molar-refractivity contribution < 1.29 is 18.3 Å². The van der Waals surface area contributed by atoms with Crippen LogP contribution in [0.15, 0.2) is 11.7 Å². The molecule has 0 bridgehead atoms. The zero-order chi connectivity index (χ0) is 13.3. The first-order chi connectivity index (χ1) is 8.39. The third-order valence-electron chi connectivity index (χ3n) is 2.37. The number of aliphatic hydroxyl groups is 1. The summed E-state index contributed by atoms with van der Waals surface area (Å²) in [6, 6.07) is 0. The van der Waals surface area contributed by atoms with Gasteiger partial charge in [0.2, 0.25) is 0 Å². The van der Waals surface area contributed by atoms with Crippen LogP contribution < -0.4 is 5.32 Å². The van der Waals surface area contributed by atoms with E-state index in [1.807, 2.05) is 12.3 Å². The fourth-order valence-corrected chi connectivity index (χ4v) is 2.37. The predicted molar refractivity (Wildman–Crippen MR) is 62.7 cm³/mol. The van der Waals surface area contributed by atoms with Crippen molar-refractivity contribution in [3.63, 3.8) is 0 Å². The van der Waals surface area contributed by atoms with Gasteiger partial charge in [0.05, 0.1) is 16.8 Å². The van der Waals surface area contributed by atoms with E-state index in [4.69, 9.17) is 5.11 Å². The number of halogens is 3. The SMILES string of the molecule is Cc1csc2c(NCC(O)C(F)(F)F)ncnc12. The fourth-order valence-electron chi connectivity index (χ4n) is 1.40. The maximum Gasteiger partial charge on any atom is 0.416 e. The van der Waals surface area contributed by atoms with Gasteiger partial charge in [0, 0.05) is 0 Å². The molecule has 0 radical (unpaired) electrons. The van der Waals surface area contributed by atoms with Gasteiger partial charge in [-0.2, -0.15) is 13.2 Å². The van der Waals surface area contributed by atoms with Crippen LogP contribution in [-0.2, 0) is 0 Å². The van der Waals surface area contributed by atoms with Gasteiger partial charge in [-0.05, 0) is 17.9 Å². The molecule has 0 aliphatic heterocycles. The number of alkyl halides is 3. The minimum Gasteiger partial charge on any atom is -0.382 e. The summed E-state index contributed by atoms with van der Waals surface area (Å²) in [7, 11) is 0. The van der Waals surface area contributed by atoms with Crippen molar-refractivity contribution >= 4 is 27.4 Å². The average Bonchev–Trinajstić information content (AvgIpc) is 2.67. The second kappa shape index (κ2) is 4.69. The van der Waals surface area contributed by atoms with Gasteiger partial charge in [-0.1, -0.05) is 0 Å². The number of thiophene rings is 1. The first-order valence-electron chi connectivity index (χ1n) is 5.07. The van der Waals surface area contributed by atoms with Gasteiger partial charge in [-0.25, -0.2) is 9.97 Å². The van der Waals surface area contributed by atoms with E-state index >= 15 is 0 Å². The number of rotatable bonds is 3. The fraction of sp³-hybridized carbons (Fsp3) is 0.400. The molecule has 0 spiro atoms. The molecule has 1 atom stereocenters. The van der Waals surface area contributed by atoms with Gasteiger partial charge in [0.15, 0.2) is 6.10 Å². The van der Waals surface area contributed by atoms with Crippen molar-refractivity contribution in [3.8, 4) is 0 Å². The number of anilines is 1. The van der Waals surface area contributed by atoms with Gasteiger partial charge in [-0.15, -0.1) is 11.3 Å². The van der Waals surface area contributed by atoms with E-state index in [1.165, 1.54) is 17.7 Å². The van der Waals surface area contributed by atoms with Gasteiger partial charge in [-0.3, -0.25) is 0 Å². The molecule has 18 heavy (non-hydrogen) atoms. The number of hydrogen-bond acceptors (Lipinski definition) is 5. The smallest absolute Gasteiger partial charge is 0.382 e. The van der Waals surface area contributed by atoms with Crippen LogP contribution >= 0.6 is 11.3 Å². The van der Waals surface area contributed by atoms with Gasteiger partial charge >= 0.3 is 6.18 Å². The summed E-state index contributed by atoms with van der Waals surface area (Å²) in [5.74, 6) is 0.307. The van der Waals surface area contributed by atoms with E-state index in [1.54, 1.807) is 0 Å². The molecule has 4 nitrogen and oxygen atoms in total. The predicted octanol–water partition coefficient (Wildman–Crippen LogP) is 2.33. The van der Waals surface area contributed by atoms with E-state index in [-0.39, 0.29) is 0 Å². The van der Waals surface area contributed by atoms with Crippen LogP contribution in [-0.4, -0.2) is 33.9 Å². The number of aliphatic hydroxyl groups excluding tert-OH is 1. The molecule has 1 unspecified atom stereocenters. The van der Waals surface area contributed by atoms with Crippen molar-refractivity contribution in [3.05, 3.63) is 17.3 Å². The van der Waals surface area contributed by atoms with Crippen molar-refractivity contribution in [1.29, 1.82) is 0 Å². The largest absolute Gasteiger partial charge is 0.416 e. The molecule has 0 aliphatic rings. The Hall–Kier alpha value is -1.41. The maximum absolute atomic E-state index is 12.1. The standard InChI is InChI=1S/C10H10F3N3OS/c1-5-3-18-8-7(5)15-4-16-9(8)14-2-6(17)10(11,12)13/h3-4,6,17H,2H2,1H3,(H,14,15,16). The zero-order valence-electron chi connectivity index (χ0n) is 9.32. The highest BCUT2D eigenvalue weighted by Gasteiger charge is 2.37.